The van der Waals surface area contributed by atoms with Crippen molar-refractivity contribution in [3.8, 4) is 11.4 Å². The summed E-state index contributed by atoms with van der Waals surface area (Å²) in [5.74, 6) is 0. The largest absolute Gasteiger partial charge is 0.255 e. The molecular formula is C10H8N2Te2. The van der Waals surface area contributed by atoms with Gasteiger partial charge in [0.15, 0.2) is 0 Å². The molecule has 2 aromatic rings. The summed E-state index contributed by atoms with van der Waals surface area (Å²) in [7, 11) is 0. The molecule has 4 radical (unpaired) electrons. The molecule has 0 aliphatic heterocycles. The number of hydrogen-bond acceptors (Lipinski definition) is 2. The Morgan fingerprint density at radius 1 is 0.643 bits per heavy atom. The summed E-state index contributed by atoms with van der Waals surface area (Å²) < 4.78 is 0. The van der Waals surface area contributed by atoms with Crippen LogP contribution in [0.5, 0.6) is 0 Å². The molecule has 70 valence electrons. The third kappa shape index (κ3) is 3.56. The first kappa shape index (κ1) is 13.9. The van der Waals surface area contributed by atoms with Crippen LogP contribution < -0.4 is 0 Å². The molecule has 0 aliphatic rings. The summed E-state index contributed by atoms with van der Waals surface area (Å²) >= 11 is 0. The summed E-state index contributed by atoms with van der Waals surface area (Å²) in [4.78, 5) is 8.37. The van der Waals surface area contributed by atoms with E-state index in [1.54, 1.807) is 12.4 Å². The predicted octanol–water partition coefficient (Wildman–Crippen LogP) is 1.38. The average molecular weight is 411 g/mol. The topological polar surface area (TPSA) is 25.8 Å². The maximum absolute atomic E-state index is 4.19. The number of hydrogen-bond donors (Lipinski definition) is 0. The molecule has 2 aromatic heterocycles. The monoisotopic (exact) mass is 416 g/mol. The first-order valence-electron chi connectivity index (χ1n) is 3.79. The van der Waals surface area contributed by atoms with E-state index in [1.165, 1.54) is 0 Å². The van der Waals surface area contributed by atoms with E-state index in [-0.39, 0.29) is 47.3 Å². The van der Waals surface area contributed by atoms with E-state index >= 15 is 0 Å². The Kier molecular flexibility index (Phi) is 7.15. The second-order valence-corrected chi connectivity index (χ2v) is 2.43. The van der Waals surface area contributed by atoms with Gasteiger partial charge in [-0.1, -0.05) is 12.1 Å². The van der Waals surface area contributed by atoms with Gasteiger partial charge in [-0.15, -0.1) is 0 Å². The molecular weight excluding hydrogens is 403 g/mol. The minimum absolute atomic E-state index is 0. The fraction of sp³-hybridized carbons (Fsp3) is 0. The molecule has 0 atom stereocenters. The van der Waals surface area contributed by atoms with Crippen molar-refractivity contribution < 1.29 is 0 Å². The summed E-state index contributed by atoms with van der Waals surface area (Å²) in [6.07, 6.45) is 3.54. The Balaban J connectivity index is 0.000000845. The smallest absolute Gasteiger partial charge is 0.0886 e. The quantitative estimate of drug-likeness (QED) is 0.663. The van der Waals surface area contributed by atoms with Gasteiger partial charge in [-0.25, -0.2) is 0 Å². The van der Waals surface area contributed by atoms with Gasteiger partial charge < -0.3 is 0 Å². The number of aromatic nitrogens is 2. The van der Waals surface area contributed by atoms with Crippen molar-refractivity contribution in [3.05, 3.63) is 48.8 Å². The van der Waals surface area contributed by atoms with Gasteiger partial charge in [-0.3, -0.25) is 9.97 Å². The maximum atomic E-state index is 4.19. The van der Waals surface area contributed by atoms with E-state index in [2.05, 4.69) is 9.97 Å². The molecule has 4 heteroatoms. The Hall–Kier alpha value is -0.121. The van der Waals surface area contributed by atoms with Gasteiger partial charge in [0, 0.05) is 59.7 Å². The second kappa shape index (κ2) is 7.21. The molecule has 14 heavy (non-hydrogen) atoms. The van der Waals surface area contributed by atoms with Gasteiger partial charge in [0.25, 0.3) is 0 Å². The Labute approximate surface area is 117 Å². The zero-order chi connectivity index (χ0) is 8.23. The SMILES string of the molecule is [Te].[Te].c1ccc(-c2ccccn2)nc1. The molecule has 0 fully saturated rings. The van der Waals surface area contributed by atoms with Gasteiger partial charge in [0.05, 0.1) is 11.4 Å². The van der Waals surface area contributed by atoms with Crippen LogP contribution in [0.1, 0.15) is 0 Å². The van der Waals surface area contributed by atoms with Crippen LogP contribution in [0.25, 0.3) is 11.4 Å². The first-order chi connectivity index (χ1) is 5.97. The van der Waals surface area contributed by atoms with E-state index in [4.69, 9.17) is 0 Å². The van der Waals surface area contributed by atoms with Gasteiger partial charge in [0.1, 0.15) is 0 Å². The fourth-order valence-corrected chi connectivity index (χ4v) is 1.03. The van der Waals surface area contributed by atoms with E-state index in [0.717, 1.165) is 11.4 Å². The van der Waals surface area contributed by atoms with Crippen LogP contribution in [-0.4, -0.2) is 57.3 Å². The Morgan fingerprint density at radius 2 is 1.07 bits per heavy atom. The zero-order valence-electron chi connectivity index (χ0n) is 7.33. The van der Waals surface area contributed by atoms with E-state index in [9.17, 15) is 0 Å². The van der Waals surface area contributed by atoms with Crippen molar-refractivity contribution in [2.75, 3.05) is 0 Å². The minimum Gasteiger partial charge on any atom is -0.255 e. The van der Waals surface area contributed by atoms with Crippen molar-refractivity contribution in [1.82, 2.24) is 9.97 Å². The van der Waals surface area contributed by atoms with Crippen LogP contribution in [0.4, 0.5) is 0 Å². The molecule has 0 bridgehead atoms. The molecule has 2 rings (SSSR count). The molecule has 0 amide bonds. The molecule has 0 saturated carbocycles. The van der Waals surface area contributed by atoms with Crippen molar-refractivity contribution in [2.24, 2.45) is 0 Å². The molecule has 0 spiro atoms. The standard InChI is InChI=1S/C10H8N2.2Te/c1-3-7-11-9(5-1)10-6-2-4-8-12-10;;/h1-8H;;. The molecule has 0 aromatic carbocycles. The fourth-order valence-electron chi connectivity index (χ4n) is 1.03. The van der Waals surface area contributed by atoms with Crippen molar-refractivity contribution in [1.29, 1.82) is 0 Å². The van der Waals surface area contributed by atoms with Crippen LogP contribution in [0.15, 0.2) is 48.8 Å². The third-order valence-electron chi connectivity index (χ3n) is 1.59. The first-order valence-corrected chi connectivity index (χ1v) is 3.79. The summed E-state index contributed by atoms with van der Waals surface area (Å²) in [5, 5.41) is 0. The maximum Gasteiger partial charge on any atom is 0.0886 e. The van der Waals surface area contributed by atoms with Crippen molar-refractivity contribution in [2.45, 2.75) is 0 Å². The molecule has 0 unspecified atom stereocenters. The number of pyridine rings is 2. The Morgan fingerprint density at radius 3 is 1.36 bits per heavy atom. The van der Waals surface area contributed by atoms with Crippen LogP contribution >= 0.6 is 0 Å². The number of nitrogens with zero attached hydrogens (tertiary/aromatic N) is 2. The summed E-state index contributed by atoms with van der Waals surface area (Å²) in [5.41, 5.74) is 1.83. The summed E-state index contributed by atoms with van der Waals surface area (Å²) in [6, 6.07) is 11.6. The molecule has 2 heterocycles. The number of rotatable bonds is 1. The van der Waals surface area contributed by atoms with Gasteiger partial charge >= 0.3 is 0 Å². The van der Waals surface area contributed by atoms with Crippen molar-refractivity contribution >= 4 is 47.3 Å². The third-order valence-corrected chi connectivity index (χ3v) is 1.59. The van der Waals surface area contributed by atoms with E-state index in [0.29, 0.717) is 0 Å². The Bertz CT molecular complexity index is 314. The minimum atomic E-state index is 0. The van der Waals surface area contributed by atoms with Crippen LogP contribution in [0.3, 0.4) is 0 Å². The van der Waals surface area contributed by atoms with Crippen LogP contribution in [-0.2, 0) is 0 Å². The second-order valence-electron chi connectivity index (χ2n) is 2.43. The van der Waals surface area contributed by atoms with Gasteiger partial charge in [-0.05, 0) is 24.3 Å². The molecule has 0 N–H and O–H groups in total. The van der Waals surface area contributed by atoms with Crippen molar-refractivity contribution in [3.63, 3.8) is 0 Å². The van der Waals surface area contributed by atoms with E-state index < -0.39 is 0 Å². The van der Waals surface area contributed by atoms with E-state index in [1.807, 2.05) is 36.4 Å². The summed E-state index contributed by atoms with van der Waals surface area (Å²) in [6.45, 7) is 0. The van der Waals surface area contributed by atoms with Gasteiger partial charge in [0.2, 0.25) is 0 Å². The zero-order valence-corrected chi connectivity index (χ0v) is 12.0. The molecule has 2 nitrogen and oxygen atoms in total. The van der Waals surface area contributed by atoms with Crippen LogP contribution in [0.2, 0.25) is 0 Å². The van der Waals surface area contributed by atoms with Gasteiger partial charge in [-0.2, -0.15) is 0 Å². The average Bonchev–Trinajstić information content (AvgIpc) is 2.21. The molecule has 0 saturated heterocycles. The molecule has 0 aliphatic carbocycles. The predicted molar refractivity (Wildman–Crippen MR) is 59.0 cm³/mol. The van der Waals surface area contributed by atoms with Crippen LogP contribution in [0, 0.1) is 0 Å². The normalized spacial score (nSPS) is 8.29.